The van der Waals surface area contributed by atoms with Gasteiger partial charge in [-0.3, -0.25) is 14.9 Å². The summed E-state index contributed by atoms with van der Waals surface area (Å²) >= 11 is 3.22. The summed E-state index contributed by atoms with van der Waals surface area (Å²) in [4.78, 5) is 39.1. The van der Waals surface area contributed by atoms with Crippen molar-refractivity contribution in [3.05, 3.63) is 72.7 Å². The third-order valence-corrected chi connectivity index (χ3v) is 8.38. The Balaban J connectivity index is 1.83. The third-order valence-electron chi connectivity index (χ3n) is 6.49. The van der Waals surface area contributed by atoms with Gasteiger partial charge in [-0.15, -0.1) is 11.3 Å². The summed E-state index contributed by atoms with van der Waals surface area (Å²) in [5, 5.41) is 27.3. The first-order chi connectivity index (χ1) is 17.8. The number of methoxy groups -OCH3 is 1. The number of ketones is 1. The number of esters is 1. The number of ether oxygens (including phenoxy) is 2. The first kappa shape index (κ1) is 26.7. The number of hydrogen-bond acceptors (Lipinski definition) is 10. The van der Waals surface area contributed by atoms with E-state index in [-0.39, 0.29) is 36.1 Å². The van der Waals surface area contributed by atoms with Crippen LogP contribution in [-0.4, -0.2) is 47.0 Å². The zero-order valence-electron chi connectivity index (χ0n) is 20.7. The molecule has 9 nitrogen and oxygen atoms in total. The predicted molar refractivity (Wildman–Crippen MR) is 142 cm³/mol. The van der Waals surface area contributed by atoms with E-state index in [0.717, 1.165) is 10.6 Å². The molecule has 2 atom stereocenters. The summed E-state index contributed by atoms with van der Waals surface area (Å²) in [6, 6.07) is 6.59. The maximum absolute atomic E-state index is 13.6. The lowest BCUT2D eigenvalue weighted by Gasteiger charge is -2.36. The number of nitro groups is 1. The maximum atomic E-state index is 13.6. The van der Waals surface area contributed by atoms with Gasteiger partial charge in [0.2, 0.25) is 5.75 Å². The minimum Gasteiger partial charge on any atom is -0.500 e. The van der Waals surface area contributed by atoms with Crippen molar-refractivity contribution in [2.75, 3.05) is 25.2 Å². The van der Waals surface area contributed by atoms with Crippen molar-refractivity contribution in [1.29, 1.82) is 0 Å². The highest BCUT2D eigenvalue weighted by Gasteiger charge is 2.42. The molecule has 0 unspecified atom stereocenters. The summed E-state index contributed by atoms with van der Waals surface area (Å²) < 4.78 is 10.8. The summed E-state index contributed by atoms with van der Waals surface area (Å²) in [5.74, 6) is -0.880. The fourth-order valence-corrected chi connectivity index (χ4v) is 6.18. The molecule has 0 amide bonds. The van der Waals surface area contributed by atoms with Crippen molar-refractivity contribution in [2.45, 2.75) is 38.5 Å². The Morgan fingerprint density at radius 3 is 2.78 bits per heavy atom. The number of phenolic OH excluding ortho intramolecular Hbond substituents is 1. The molecule has 196 valence electrons. The largest absolute Gasteiger partial charge is 0.500 e. The number of phenols is 1. The van der Waals surface area contributed by atoms with Crippen molar-refractivity contribution < 1.29 is 29.1 Å². The Morgan fingerprint density at radius 2 is 2.14 bits per heavy atom. The van der Waals surface area contributed by atoms with Gasteiger partial charge in [0.05, 0.1) is 17.6 Å². The number of thioether (sulfide) groups is 1. The van der Waals surface area contributed by atoms with Gasteiger partial charge in [0, 0.05) is 51.9 Å². The van der Waals surface area contributed by atoms with E-state index in [1.807, 2.05) is 24.4 Å². The molecule has 2 aromatic rings. The Kier molecular flexibility index (Phi) is 8.23. The van der Waals surface area contributed by atoms with Crippen LogP contribution >= 0.6 is 23.1 Å². The van der Waals surface area contributed by atoms with E-state index < -0.39 is 28.2 Å². The van der Waals surface area contributed by atoms with Crippen molar-refractivity contribution in [1.82, 2.24) is 5.32 Å². The monoisotopic (exact) mass is 544 g/mol. The number of allylic oxidation sites excluding steroid dienone is 3. The van der Waals surface area contributed by atoms with E-state index in [4.69, 9.17) is 9.47 Å². The van der Waals surface area contributed by atoms with E-state index in [0.29, 0.717) is 34.7 Å². The number of carbonyl (C=O) groups excluding carboxylic acids is 2. The lowest BCUT2D eigenvalue weighted by atomic mass is 9.72. The normalized spacial score (nSPS) is 19.4. The zero-order valence-corrected chi connectivity index (χ0v) is 22.4. The number of aromatic hydroxyl groups is 1. The van der Waals surface area contributed by atoms with Crippen molar-refractivity contribution in [2.24, 2.45) is 0 Å². The smallest absolute Gasteiger partial charge is 0.336 e. The van der Waals surface area contributed by atoms with E-state index >= 15 is 0 Å². The van der Waals surface area contributed by atoms with Crippen LogP contribution in [0.3, 0.4) is 0 Å². The maximum Gasteiger partial charge on any atom is 0.336 e. The second-order valence-corrected chi connectivity index (χ2v) is 11.1. The molecule has 2 heterocycles. The minimum absolute atomic E-state index is 0.00420. The SMILES string of the molecule is CCSCCOC(=O)C1=C(C)NC2=C(C(=O)C[C@H](c3cccs3)C2)[C@H]1c1cc(OC)c(O)c([N+](=O)[O-])c1. The van der Waals surface area contributed by atoms with Gasteiger partial charge in [-0.05, 0) is 42.2 Å². The molecule has 0 bridgehead atoms. The number of Topliss-reactive ketones (excluding diaryl/α,β-unsaturated/α-hetero) is 1. The van der Waals surface area contributed by atoms with Gasteiger partial charge in [0.25, 0.3) is 0 Å². The number of nitrogens with zero attached hydrogens (tertiary/aromatic N) is 1. The molecule has 0 radical (unpaired) electrons. The van der Waals surface area contributed by atoms with Gasteiger partial charge >= 0.3 is 11.7 Å². The molecule has 0 saturated heterocycles. The number of nitro benzene ring substituents is 1. The number of thiophene rings is 1. The molecule has 1 aliphatic heterocycles. The highest BCUT2D eigenvalue weighted by molar-refractivity contribution is 7.99. The van der Waals surface area contributed by atoms with Gasteiger partial charge < -0.3 is 19.9 Å². The van der Waals surface area contributed by atoms with Gasteiger partial charge in [0.1, 0.15) is 6.61 Å². The zero-order chi connectivity index (χ0) is 26.7. The molecule has 1 aliphatic carbocycles. The molecular weight excluding hydrogens is 516 g/mol. The fourth-order valence-electron chi connectivity index (χ4n) is 4.86. The van der Waals surface area contributed by atoms with Gasteiger partial charge in [-0.1, -0.05) is 13.0 Å². The van der Waals surface area contributed by atoms with Crippen LogP contribution in [-0.2, 0) is 14.3 Å². The molecule has 1 aromatic heterocycles. The first-order valence-electron chi connectivity index (χ1n) is 11.8. The summed E-state index contributed by atoms with van der Waals surface area (Å²) in [6.07, 6.45) is 0.811. The Labute approximate surface area is 222 Å². The quantitative estimate of drug-likeness (QED) is 0.193. The first-order valence-corrected chi connectivity index (χ1v) is 13.9. The van der Waals surface area contributed by atoms with Gasteiger partial charge in [-0.2, -0.15) is 11.8 Å². The van der Waals surface area contributed by atoms with E-state index in [1.165, 1.54) is 19.2 Å². The van der Waals surface area contributed by atoms with E-state index in [1.54, 1.807) is 30.0 Å². The van der Waals surface area contributed by atoms with Crippen LogP contribution in [0.5, 0.6) is 11.5 Å². The number of hydrogen-bond donors (Lipinski definition) is 2. The van der Waals surface area contributed by atoms with Gasteiger partial charge in [0.15, 0.2) is 11.5 Å². The lowest BCUT2D eigenvalue weighted by Crippen LogP contribution is -2.36. The van der Waals surface area contributed by atoms with E-state index in [9.17, 15) is 24.8 Å². The number of dihydropyridines is 1. The molecule has 0 saturated carbocycles. The summed E-state index contributed by atoms with van der Waals surface area (Å²) in [6.45, 7) is 3.94. The van der Waals surface area contributed by atoms with Crippen molar-refractivity contribution in [3.63, 3.8) is 0 Å². The van der Waals surface area contributed by atoms with Crippen LogP contribution in [0.1, 0.15) is 49.0 Å². The van der Waals surface area contributed by atoms with E-state index in [2.05, 4.69) is 5.32 Å². The minimum atomic E-state index is -0.910. The summed E-state index contributed by atoms with van der Waals surface area (Å²) in [7, 11) is 1.29. The predicted octanol–water partition coefficient (Wildman–Crippen LogP) is 5.03. The molecule has 1 aromatic carbocycles. The molecule has 2 N–H and O–H groups in total. The van der Waals surface area contributed by atoms with Crippen LogP contribution in [0.2, 0.25) is 0 Å². The Hall–Kier alpha value is -3.31. The molecule has 4 rings (SSSR count). The number of nitrogens with one attached hydrogen (secondary N) is 1. The Morgan fingerprint density at radius 1 is 1.35 bits per heavy atom. The second-order valence-electron chi connectivity index (χ2n) is 8.71. The molecule has 11 heteroatoms. The highest BCUT2D eigenvalue weighted by atomic mass is 32.2. The van der Waals surface area contributed by atoms with Crippen molar-refractivity contribution >= 4 is 40.5 Å². The van der Waals surface area contributed by atoms with Crippen LogP contribution in [0.25, 0.3) is 0 Å². The van der Waals surface area contributed by atoms with Crippen LogP contribution in [0.4, 0.5) is 5.69 Å². The highest BCUT2D eigenvalue weighted by Crippen LogP contribution is 2.49. The third kappa shape index (κ3) is 5.37. The van der Waals surface area contributed by atoms with Crippen LogP contribution in [0, 0.1) is 10.1 Å². The topological polar surface area (TPSA) is 128 Å². The van der Waals surface area contributed by atoms with Gasteiger partial charge in [-0.25, -0.2) is 4.79 Å². The Bertz CT molecular complexity index is 1280. The standard InChI is InChI=1S/C26H28N2O7S2/c1-4-36-9-7-35-26(31)22-14(2)27-17-10-15(21-6-5-8-37-21)12-19(29)24(17)23(22)16-11-18(28(32)33)25(30)20(13-16)34-3/h5-6,8,11,13,15,23,27,30H,4,7,9-10,12H2,1-3H3/t15-,23+/m1/s1. The number of benzene rings is 1. The average Bonchev–Trinajstić information content (AvgIpc) is 3.41. The molecule has 2 aliphatic rings. The summed E-state index contributed by atoms with van der Waals surface area (Å²) in [5.41, 5.74) is 1.53. The molecule has 0 spiro atoms. The van der Waals surface area contributed by atoms with Crippen LogP contribution < -0.4 is 10.1 Å². The second kappa shape index (κ2) is 11.4. The lowest BCUT2D eigenvalue weighted by molar-refractivity contribution is -0.386. The molecular formula is C26H28N2O7S2. The molecule has 37 heavy (non-hydrogen) atoms. The fraction of sp³-hybridized carbons (Fsp3) is 0.385. The van der Waals surface area contributed by atoms with Crippen molar-refractivity contribution in [3.8, 4) is 11.5 Å². The number of rotatable bonds is 9. The molecule has 0 fully saturated rings. The average molecular weight is 545 g/mol. The van der Waals surface area contributed by atoms with Crippen LogP contribution in [0.15, 0.2) is 52.2 Å². The number of carbonyl (C=O) groups is 2.